The third kappa shape index (κ3) is 3.32. The van der Waals surface area contributed by atoms with Gasteiger partial charge in [-0.15, -0.1) is 0 Å². The maximum absolute atomic E-state index is 11.2. The largest absolute Gasteiger partial charge is 0.352 e. The molecule has 0 aliphatic carbocycles. The summed E-state index contributed by atoms with van der Waals surface area (Å²) in [4.78, 5) is 13.5. The van der Waals surface area contributed by atoms with Gasteiger partial charge in [0.2, 0.25) is 5.91 Å². The van der Waals surface area contributed by atoms with Crippen LogP contribution < -0.4 is 11.1 Å². The number of piperidine rings is 1. The van der Waals surface area contributed by atoms with Crippen LogP contribution in [0.1, 0.15) is 19.8 Å². The molecule has 1 amide bonds. The summed E-state index contributed by atoms with van der Waals surface area (Å²) < 4.78 is 0. The molecule has 1 fully saturated rings. The number of nitrogens with one attached hydrogen (secondary N) is 1. The van der Waals surface area contributed by atoms with Crippen LogP contribution in [0.15, 0.2) is 0 Å². The van der Waals surface area contributed by atoms with Crippen molar-refractivity contribution in [3.8, 4) is 0 Å². The molecule has 0 spiro atoms. The van der Waals surface area contributed by atoms with Gasteiger partial charge in [0.1, 0.15) is 0 Å². The van der Waals surface area contributed by atoms with E-state index >= 15 is 0 Å². The minimum absolute atomic E-state index is 0.0328. The van der Waals surface area contributed by atoms with Crippen molar-refractivity contribution in [2.45, 2.75) is 31.8 Å². The summed E-state index contributed by atoms with van der Waals surface area (Å²) in [6, 6.07) is -0.0608. The average Bonchev–Trinajstić information content (AvgIpc) is 2.08. The van der Waals surface area contributed by atoms with E-state index in [2.05, 4.69) is 17.3 Å². The van der Waals surface area contributed by atoms with E-state index < -0.39 is 0 Å². The number of nitrogens with zero attached hydrogens (tertiary/aromatic N) is 1. The molecular formula is C9H19N3O. The lowest BCUT2D eigenvalue weighted by Crippen LogP contribution is -2.48. The Kier molecular flexibility index (Phi) is 3.69. The molecule has 1 rings (SSSR count). The zero-order valence-electron chi connectivity index (χ0n) is 8.42. The van der Waals surface area contributed by atoms with Crippen LogP contribution in [0.3, 0.4) is 0 Å². The van der Waals surface area contributed by atoms with Gasteiger partial charge in [-0.25, -0.2) is 0 Å². The first-order valence-corrected chi connectivity index (χ1v) is 4.84. The van der Waals surface area contributed by atoms with E-state index in [9.17, 15) is 4.79 Å². The van der Waals surface area contributed by atoms with Crippen molar-refractivity contribution in [3.63, 3.8) is 0 Å². The van der Waals surface area contributed by atoms with E-state index in [0.717, 1.165) is 25.9 Å². The number of rotatable bonds is 2. The fourth-order valence-electron chi connectivity index (χ4n) is 1.49. The second-order valence-electron chi connectivity index (χ2n) is 3.87. The third-order valence-corrected chi connectivity index (χ3v) is 2.48. The van der Waals surface area contributed by atoms with Crippen LogP contribution >= 0.6 is 0 Å². The van der Waals surface area contributed by atoms with Crippen molar-refractivity contribution in [2.24, 2.45) is 5.73 Å². The Hall–Kier alpha value is -0.610. The highest BCUT2D eigenvalue weighted by molar-refractivity contribution is 5.81. The van der Waals surface area contributed by atoms with Gasteiger partial charge in [-0.3, -0.25) is 4.79 Å². The van der Waals surface area contributed by atoms with Crippen LogP contribution in [0.25, 0.3) is 0 Å². The minimum atomic E-state index is -0.389. The quantitative estimate of drug-likeness (QED) is 0.612. The average molecular weight is 185 g/mol. The molecule has 1 unspecified atom stereocenters. The first-order valence-electron chi connectivity index (χ1n) is 4.84. The van der Waals surface area contributed by atoms with Gasteiger partial charge in [0.05, 0.1) is 6.04 Å². The first-order chi connectivity index (χ1) is 6.09. The van der Waals surface area contributed by atoms with E-state index in [1.54, 1.807) is 6.92 Å². The van der Waals surface area contributed by atoms with E-state index in [-0.39, 0.29) is 11.9 Å². The molecular weight excluding hydrogens is 166 g/mol. The maximum Gasteiger partial charge on any atom is 0.236 e. The summed E-state index contributed by atoms with van der Waals surface area (Å²) in [5, 5.41) is 2.95. The molecule has 0 radical (unpaired) electrons. The predicted octanol–water partition coefficient (Wildman–Crippen LogP) is -0.456. The smallest absolute Gasteiger partial charge is 0.236 e. The number of hydrogen-bond donors (Lipinski definition) is 2. The minimum Gasteiger partial charge on any atom is -0.352 e. The van der Waals surface area contributed by atoms with Gasteiger partial charge in [0.15, 0.2) is 0 Å². The second-order valence-corrected chi connectivity index (χ2v) is 3.87. The van der Waals surface area contributed by atoms with E-state index in [1.807, 2.05) is 0 Å². The van der Waals surface area contributed by atoms with Crippen LogP contribution in [0.5, 0.6) is 0 Å². The van der Waals surface area contributed by atoms with Gasteiger partial charge in [-0.1, -0.05) is 0 Å². The summed E-state index contributed by atoms with van der Waals surface area (Å²) in [7, 11) is 2.10. The highest BCUT2D eigenvalue weighted by Crippen LogP contribution is 2.07. The summed E-state index contributed by atoms with van der Waals surface area (Å²) in [5.41, 5.74) is 5.46. The SMILES string of the molecule is CC(N)C(=O)NC1CCN(C)CC1. The van der Waals surface area contributed by atoms with Crippen LogP contribution in [0.2, 0.25) is 0 Å². The number of carbonyl (C=O) groups is 1. The number of carbonyl (C=O) groups excluding carboxylic acids is 1. The zero-order chi connectivity index (χ0) is 9.84. The summed E-state index contributed by atoms with van der Waals surface area (Å²) in [5.74, 6) is -0.0328. The lowest BCUT2D eigenvalue weighted by Gasteiger charge is -2.29. The van der Waals surface area contributed by atoms with Gasteiger partial charge in [0.25, 0.3) is 0 Å². The lowest BCUT2D eigenvalue weighted by atomic mass is 10.1. The standard InChI is InChI=1S/C9H19N3O/c1-7(10)9(13)11-8-3-5-12(2)6-4-8/h7-8H,3-6,10H2,1-2H3,(H,11,13). The van der Waals surface area contributed by atoms with Crippen molar-refractivity contribution < 1.29 is 4.79 Å². The monoisotopic (exact) mass is 185 g/mol. The fourth-order valence-corrected chi connectivity index (χ4v) is 1.49. The molecule has 0 aromatic heterocycles. The Morgan fingerprint density at radius 3 is 2.54 bits per heavy atom. The molecule has 76 valence electrons. The highest BCUT2D eigenvalue weighted by Gasteiger charge is 2.19. The van der Waals surface area contributed by atoms with Crippen molar-refractivity contribution in [3.05, 3.63) is 0 Å². The van der Waals surface area contributed by atoms with E-state index in [4.69, 9.17) is 5.73 Å². The molecule has 0 aromatic rings. The second kappa shape index (κ2) is 4.58. The third-order valence-electron chi connectivity index (χ3n) is 2.48. The van der Waals surface area contributed by atoms with Crippen LogP contribution in [0.4, 0.5) is 0 Å². The fraction of sp³-hybridized carbons (Fsp3) is 0.889. The van der Waals surface area contributed by atoms with Gasteiger partial charge >= 0.3 is 0 Å². The summed E-state index contributed by atoms with van der Waals surface area (Å²) >= 11 is 0. The summed E-state index contributed by atoms with van der Waals surface area (Å²) in [6.45, 7) is 3.83. The number of hydrogen-bond acceptors (Lipinski definition) is 3. The van der Waals surface area contributed by atoms with Crippen LogP contribution in [-0.2, 0) is 4.79 Å². The van der Waals surface area contributed by atoms with Crippen molar-refractivity contribution in [2.75, 3.05) is 20.1 Å². The number of nitrogens with two attached hydrogens (primary N) is 1. The molecule has 0 aromatic carbocycles. The van der Waals surface area contributed by atoms with Crippen molar-refractivity contribution >= 4 is 5.91 Å². The molecule has 1 saturated heterocycles. The van der Waals surface area contributed by atoms with E-state index in [0.29, 0.717) is 6.04 Å². The predicted molar refractivity (Wildman–Crippen MR) is 52.3 cm³/mol. The number of amides is 1. The van der Waals surface area contributed by atoms with Gasteiger partial charge in [-0.2, -0.15) is 0 Å². The molecule has 1 atom stereocenters. The van der Waals surface area contributed by atoms with Crippen molar-refractivity contribution in [1.82, 2.24) is 10.2 Å². The Morgan fingerprint density at radius 2 is 2.08 bits per heavy atom. The Morgan fingerprint density at radius 1 is 1.54 bits per heavy atom. The molecule has 4 heteroatoms. The molecule has 4 nitrogen and oxygen atoms in total. The van der Waals surface area contributed by atoms with Crippen molar-refractivity contribution in [1.29, 1.82) is 0 Å². The van der Waals surface area contributed by atoms with Gasteiger partial charge < -0.3 is 16.0 Å². The lowest BCUT2D eigenvalue weighted by molar-refractivity contribution is -0.123. The van der Waals surface area contributed by atoms with Gasteiger partial charge in [-0.05, 0) is 39.9 Å². The molecule has 1 heterocycles. The number of likely N-dealkylation sites (tertiary alicyclic amines) is 1. The molecule has 1 aliphatic heterocycles. The normalized spacial score (nSPS) is 22.7. The van der Waals surface area contributed by atoms with E-state index in [1.165, 1.54) is 0 Å². The Balaban J connectivity index is 2.26. The Labute approximate surface area is 79.5 Å². The van der Waals surface area contributed by atoms with Crippen LogP contribution in [-0.4, -0.2) is 43.0 Å². The Bertz CT molecular complexity index is 174. The first kappa shape index (κ1) is 10.5. The summed E-state index contributed by atoms with van der Waals surface area (Å²) in [6.07, 6.45) is 2.07. The molecule has 1 aliphatic rings. The van der Waals surface area contributed by atoms with Gasteiger partial charge in [0, 0.05) is 6.04 Å². The molecule has 0 saturated carbocycles. The highest BCUT2D eigenvalue weighted by atomic mass is 16.2. The maximum atomic E-state index is 11.2. The zero-order valence-corrected chi connectivity index (χ0v) is 8.42. The van der Waals surface area contributed by atoms with Crippen LogP contribution in [0, 0.1) is 0 Å². The molecule has 0 bridgehead atoms. The topological polar surface area (TPSA) is 58.4 Å². The molecule has 3 N–H and O–H groups in total. The molecule has 13 heavy (non-hydrogen) atoms.